The average molecular weight is 281 g/mol. The molecule has 1 aliphatic rings. The van der Waals surface area contributed by atoms with Crippen LogP contribution in [0.3, 0.4) is 0 Å². The highest BCUT2D eigenvalue weighted by Crippen LogP contribution is 2.36. The maximum atomic E-state index is 14.1. The smallest absolute Gasteiger partial charge is 0.478 e. The van der Waals surface area contributed by atoms with Gasteiger partial charge in [0, 0.05) is 11.5 Å². The number of rotatable bonds is 4. The number of hydrogen-bond acceptors (Lipinski definition) is 4. The Bertz CT molecular complexity index is 477. The molecule has 1 aliphatic heterocycles. The largest absolute Gasteiger partial charge is 0.499 e. The maximum Gasteiger partial charge on any atom is 0.499 e. The van der Waals surface area contributed by atoms with Gasteiger partial charge in [0.1, 0.15) is 0 Å². The monoisotopic (exact) mass is 281 g/mol. The zero-order valence-corrected chi connectivity index (χ0v) is 12.7. The molecule has 0 N–H and O–H groups in total. The predicted octanol–water partition coefficient (Wildman–Crippen LogP) is 2.31. The van der Waals surface area contributed by atoms with E-state index in [4.69, 9.17) is 14.0 Å². The van der Waals surface area contributed by atoms with Crippen LogP contribution in [0.5, 0.6) is 5.88 Å². The summed E-state index contributed by atoms with van der Waals surface area (Å²) in [5.41, 5.74) is -0.698. The van der Waals surface area contributed by atoms with E-state index >= 15 is 0 Å². The molecule has 0 aromatic carbocycles. The van der Waals surface area contributed by atoms with Crippen LogP contribution < -0.4 is 10.2 Å². The summed E-state index contributed by atoms with van der Waals surface area (Å²) >= 11 is 0. The fourth-order valence-corrected chi connectivity index (χ4v) is 1.86. The fourth-order valence-electron chi connectivity index (χ4n) is 1.86. The summed E-state index contributed by atoms with van der Waals surface area (Å²) in [6.07, 6.45) is 0.849. The summed E-state index contributed by atoms with van der Waals surface area (Å²) < 4.78 is 31.0. The van der Waals surface area contributed by atoms with Gasteiger partial charge in [0.15, 0.2) is 0 Å². The SMILES string of the molecule is CCCOc1ccc(B2OC(C)(C)C(C)(C)O2)c(F)n1. The van der Waals surface area contributed by atoms with E-state index in [9.17, 15) is 4.39 Å². The Balaban J connectivity index is 2.19. The zero-order chi connectivity index (χ0) is 15.0. The first kappa shape index (κ1) is 15.3. The second-order valence-corrected chi connectivity index (χ2v) is 5.97. The minimum atomic E-state index is -0.743. The molecule has 1 aromatic rings. The highest BCUT2D eigenvalue weighted by atomic mass is 19.1. The van der Waals surface area contributed by atoms with Crippen molar-refractivity contribution in [2.75, 3.05) is 6.61 Å². The Labute approximate surface area is 119 Å². The molecule has 0 aliphatic carbocycles. The van der Waals surface area contributed by atoms with Gasteiger partial charge in [-0.15, -0.1) is 0 Å². The molecule has 0 spiro atoms. The van der Waals surface area contributed by atoms with Crippen LogP contribution >= 0.6 is 0 Å². The van der Waals surface area contributed by atoms with E-state index in [0.717, 1.165) is 6.42 Å². The molecule has 4 nitrogen and oxygen atoms in total. The molecular formula is C14H21BFNO3. The normalized spacial score (nSPS) is 20.2. The number of aromatic nitrogens is 1. The second kappa shape index (κ2) is 5.33. The van der Waals surface area contributed by atoms with Crippen molar-refractivity contribution in [3.8, 4) is 5.88 Å². The number of hydrogen-bond donors (Lipinski definition) is 0. The summed E-state index contributed by atoms with van der Waals surface area (Å²) in [5, 5.41) is 0. The van der Waals surface area contributed by atoms with Crippen LogP contribution in [0.4, 0.5) is 4.39 Å². The number of halogens is 1. The number of ether oxygens (including phenoxy) is 1. The lowest BCUT2D eigenvalue weighted by Gasteiger charge is -2.32. The lowest BCUT2D eigenvalue weighted by molar-refractivity contribution is 0.00578. The predicted molar refractivity (Wildman–Crippen MR) is 75.7 cm³/mol. The Morgan fingerprint density at radius 3 is 2.30 bits per heavy atom. The molecule has 110 valence electrons. The van der Waals surface area contributed by atoms with Crippen LogP contribution in [-0.4, -0.2) is 29.9 Å². The van der Waals surface area contributed by atoms with Gasteiger partial charge in [-0.2, -0.15) is 9.37 Å². The van der Waals surface area contributed by atoms with Crippen LogP contribution in [0.2, 0.25) is 0 Å². The third-order valence-corrected chi connectivity index (χ3v) is 3.81. The first-order valence-corrected chi connectivity index (χ1v) is 6.92. The van der Waals surface area contributed by atoms with E-state index in [1.54, 1.807) is 12.1 Å². The number of pyridine rings is 1. The Morgan fingerprint density at radius 2 is 1.80 bits per heavy atom. The van der Waals surface area contributed by atoms with E-state index in [0.29, 0.717) is 12.1 Å². The summed E-state index contributed by atoms with van der Waals surface area (Å²) in [6.45, 7) is 10.2. The van der Waals surface area contributed by atoms with E-state index in [1.807, 2.05) is 34.6 Å². The van der Waals surface area contributed by atoms with Crippen molar-refractivity contribution in [1.82, 2.24) is 4.98 Å². The van der Waals surface area contributed by atoms with Crippen LogP contribution in [0, 0.1) is 5.95 Å². The van der Waals surface area contributed by atoms with E-state index in [2.05, 4.69) is 4.98 Å². The van der Waals surface area contributed by atoms with E-state index in [1.165, 1.54) is 0 Å². The van der Waals surface area contributed by atoms with Gasteiger partial charge < -0.3 is 14.0 Å². The van der Waals surface area contributed by atoms with Gasteiger partial charge in [-0.3, -0.25) is 0 Å². The Kier molecular flexibility index (Phi) is 4.07. The molecule has 0 unspecified atom stereocenters. The molecule has 2 heterocycles. The van der Waals surface area contributed by atoms with E-state index < -0.39 is 24.3 Å². The minimum Gasteiger partial charge on any atom is -0.478 e. The Hall–Kier alpha value is -1.14. The van der Waals surface area contributed by atoms with Gasteiger partial charge in [0.25, 0.3) is 0 Å². The highest BCUT2D eigenvalue weighted by molar-refractivity contribution is 6.62. The van der Waals surface area contributed by atoms with Crippen LogP contribution in [0.15, 0.2) is 12.1 Å². The van der Waals surface area contributed by atoms with Crippen molar-refractivity contribution < 1.29 is 18.4 Å². The first-order valence-electron chi connectivity index (χ1n) is 6.92. The van der Waals surface area contributed by atoms with Gasteiger partial charge in [-0.1, -0.05) is 13.0 Å². The quantitative estimate of drug-likeness (QED) is 0.627. The van der Waals surface area contributed by atoms with Crippen molar-refractivity contribution in [2.45, 2.75) is 52.2 Å². The van der Waals surface area contributed by atoms with Crippen LogP contribution in [0.1, 0.15) is 41.0 Å². The number of nitrogens with zero attached hydrogens (tertiary/aromatic N) is 1. The first-order chi connectivity index (χ1) is 9.27. The third kappa shape index (κ3) is 2.81. The van der Waals surface area contributed by atoms with Gasteiger partial charge in [-0.05, 0) is 34.1 Å². The molecule has 1 saturated heterocycles. The van der Waals surface area contributed by atoms with Crippen molar-refractivity contribution in [2.24, 2.45) is 0 Å². The van der Waals surface area contributed by atoms with Crippen molar-refractivity contribution in [3.63, 3.8) is 0 Å². The van der Waals surface area contributed by atoms with Gasteiger partial charge in [0.2, 0.25) is 11.8 Å². The third-order valence-electron chi connectivity index (χ3n) is 3.81. The van der Waals surface area contributed by atoms with Crippen molar-refractivity contribution >= 4 is 12.6 Å². The topological polar surface area (TPSA) is 40.6 Å². The maximum absolute atomic E-state index is 14.1. The molecule has 0 bridgehead atoms. The molecule has 0 radical (unpaired) electrons. The molecule has 1 aromatic heterocycles. The van der Waals surface area contributed by atoms with Gasteiger partial charge in [0.05, 0.1) is 17.8 Å². The molecule has 2 rings (SSSR count). The fraction of sp³-hybridized carbons (Fsp3) is 0.643. The molecular weight excluding hydrogens is 260 g/mol. The summed E-state index contributed by atoms with van der Waals surface area (Å²) in [6, 6.07) is 3.24. The second-order valence-electron chi connectivity index (χ2n) is 5.97. The van der Waals surface area contributed by atoms with Crippen LogP contribution in [-0.2, 0) is 9.31 Å². The lowest BCUT2D eigenvalue weighted by Crippen LogP contribution is -2.41. The van der Waals surface area contributed by atoms with Crippen molar-refractivity contribution in [1.29, 1.82) is 0 Å². The Morgan fingerprint density at radius 1 is 1.20 bits per heavy atom. The standard InChI is InChI=1S/C14H21BFNO3/c1-6-9-18-11-8-7-10(12(16)17-11)15-19-13(2,3)14(4,5)20-15/h7-8H,6,9H2,1-5H3. The van der Waals surface area contributed by atoms with Crippen molar-refractivity contribution in [3.05, 3.63) is 18.1 Å². The zero-order valence-electron chi connectivity index (χ0n) is 12.7. The lowest BCUT2D eigenvalue weighted by atomic mass is 9.80. The van der Waals surface area contributed by atoms with Crippen LogP contribution in [0.25, 0.3) is 0 Å². The molecule has 0 atom stereocenters. The minimum absolute atomic E-state index is 0.282. The molecule has 1 fully saturated rings. The average Bonchev–Trinajstić information content (AvgIpc) is 2.55. The molecule has 0 amide bonds. The summed E-state index contributed by atoms with van der Waals surface area (Å²) in [5.74, 6) is -0.332. The van der Waals surface area contributed by atoms with Gasteiger partial charge in [-0.25, -0.2) is 0 Å². The van der Waals surface area contributed by atoms with Gasteiger partial charge >= 0.3 is 7.12 Å². The van der Waals surface area contributed by atoms with E-state index in [-0.39, 0.29) is 5.88 Å². The molecule has 20 heavy (non-hydrogen) atoms. The molecule has 6 heteroatoms. The summed E-state index contributed by atoms with van der Waals surface area (Å²) in [7, 11) is -0.743. The highest BCUT2D eigenvalue weighted by Gasteiger charge is 2.52. The molecule has 0 saturated carbocycles. The summed E-state index contributed by atoms with van der Waals surface area (Å²) in [4.78, 5) is 3.80.